The molecule has 0 heterocycles. The molecule has 0 atom stereocenters. The van der Waals surface area contributed by atoms with Crippen LogP contribution in [-0.2, 0) is 0 Å². The smallest absolute Gasteiger partial charge is 0.271 e. The fourth-order valence-corrected chi connectivity index (χ4v) is 1.96. The van der Waals surface area contributed by atoms with Crippen molar-refractivity contribution in [2.75, 3.05) is 14.2 Å². The van der Waals surface area contributed by atoms with Gasteiger partial charge in [0.1, 0.15) is 17.3 Å². The number of carbonyl (C=O) groups excluding carboxylic acids is 1. The van der Waals surface area contributed by atoms with Gasteiger partial charge in [-0.2, -0.15) is 5.10 Å². The van der Waals surface area contributed by atoms with Gasteiger partial charge in [0.15, 0.2) is 0 Å². The maximum Gasteiger partial charge on any atom is 0.271 e. The first-order valence-electron chi connectivity index (χ1n) is 6.87. The predicted octanol–water partition coefficient (Wildman–Crippen LogP) is 3.00. The van der Waals surface area contributed by atoms with Crippen LogP contribution in [0.25, 0.3) is 0 Å². The average molecular weight is 316 g/mol. The Balaban J connectivity index is 2.16. The lowest BCUT2D eigenvalue weighted by Gasteiger charge is -2.10. The van der Waals surface area contributed by atoms with E-state index in [0.717, 1.165) is 5.56 Å². The zero-order valence-electron chi connectivity index (χ0n) is 13.1. The van der Waals surface area contributed by atoms with E-state index >= 15 is 0 Å². The van der Waals surface area contributed by atoms with Crippen molar-refractivity contribution in [2.45, 2.75) is 6.92 Å². The van der Waals surface area contributed by atoms with Crippen LogP contribution in [0.5, 0.6) is 11.5 Å². The normalized spacial score (nSPS) is 11.0. The number of amides is 1. The minimum Gasteiger partial charge on any atom is -0.497 e. The molecule has 0 aliphatic carbocycles. The van der Waals surface area contributed by atoms with Crippen LogP contribution in [0, 0.1) is 5.82 Å². The van der Waals surface area contributed by atoms with Gasteiger partial charge in [-0.05, 0) is 43.3 Å². The molecule has 2 aromatic carbocycles. The third-order valence-electron chi connectivity index (χ3n) is 3.23. The molecule has 23 heavy (non-hydrogen) atoms. The molecule has 0 aliphatic rings. The molecule has 0 aromatic heterocycles. The number of rotatable bonds is 5. The number of methoxy groups -OCH3 is 2. The summed E-state index contributed by atoms with van der Waals surface area (Å²) < 4.78 is 23.3. The number of nitrogens with one attached hydrogen (secondary N) is 1. The lowest BCUT2D eigenvalue weighted by molar-refractivity contribution is 0.0955. The number of hydrazone groups is 1. The van der Waals surface area contributed by atoms with E-state index in [1.165, 1.54) is 24.3 Å². The molecule has 1 amide bonds. The van der Waals surface area contributed by atoms with E-state index in [9.17, 15) is 9.18 Å². The van der Waals surface area contributed by atoms with Gasteiger partial charge in [0.05, 0.1) is 19.9 Å². The number of hydrogen-bond donors (Lipinski definition) is 1. The highest BCUT2D eigenvalue weighted by Gasteiger charge is 2.09. The summed E-state index contributed by atoms with van der Waals surface area (Å²) >= 11 is 0. The van der Waals surface area contributed by atoms with Gasteiger partial charge >= 0.3 is 0 Å². The van der Waals surface area contributed by atoms with E-state index in [-0.39, 0.29) is 0 Å². The van der Waals surface area contributed by atoms with Gasteiger partial charge in [-0.1, -0.05) is 0 Å². The molecule has 0 saturated heterocycles. The molecular weight excluding hydrogens is 299 g/mol. The number of carbonyl (C=O) groups is 1. The van der Waals surface area contributed by atoms with E-state index < -0.39 is 11.7 Å². The average Bonchev–Trinajstić information content (AvgIpc) is 2.59. The van der Waals surface area contributed by atoms with Crippen LogP contribution >= 0.6 is 0 Å². The predicted molar refractivity (Wildman–Crippen MR) is 85.6 cm³/mol. The van der Waals surface area contributed by atoms with Crippen molar-refractivity contribution in [1.82, 2.24) is 5.43 Å². The van der Waals surface area contributed by atoms with Crippen molar-refractivity contribution in [3.8, 4) is 11.5 Å². The van der Waals surface area contributed by atoms with Crippen molar-refractivity contribution in [3.05, 3.63) is 59.4 Å². The van der Waals surface area contributed by atoms with Crippen molar-refractivity contribution in [1.29, 1.82) is 0 Å². The van der Waals surface area contributed by atoms with E-state index in [1.54, 1.807) is 39.3 Å². The number of ether oxygens (including phenoxy) is 2. The van der Waals surface area contributed by atoms with Crippen molar-refractivity contribution < 1.29 is 18.7 Å². The van der Waals surface area contributed by atoms with Crippen LogP contribution in [0.1, 0.15) is 22.8 Å². The summed E-state index contributed by atoms with van der Waals surface area (Å²) in [6.07, 6.45) is 0. The first-order valence-corrected chi connectivity index (χ1v) is 6.87. The Hall–Kier alpha value is -2.89. The summed E-state index contributed by atoms with van der Waals surface area (Å²) in [6.45, 7) is 1.75. The summed E-state index contributed by atoms with van der Waals surface area (Å²) in [7, 11) is 3.11. The molecule has 6 heteroatoms. The lowest BCUT2D eigenvalue weighted by Crippen LogP contribution is -2.19. The summed E-state index contributed by atoms with van der Waals surface area (Å²) in [5.74, 6) is 0.427. The summed E-state index contributed by atoms with van der Waals surface area (Å²) in [5.41, 5.74) is 4.06. The quantitative estimate of drug-likeness (QED) is 0.681. The summed E-state index contributed by atoms with van der Waals surface area (Å²) in [5, 5.41) is 4.06. The van der Waals surface area contributed by atoms with Crippen molar-refractivity contribution in [2.24, 2.45) is 5.10 Å². The van der Waals surface area contributed by atoms with Crippen LogP contribution in [0.3, 0.4) is 0 Å². The van der Waals surface area contributed by atoms with Crippen molar-refractivity contribution >= 4 is 11.6 Å². The van der Waals surface area contributed by atoms with E-state index in [4.69, 9.17) is 9.47 Å². The molecule has 0 unspecified atom stereocenters. The first kappa shape index (κ1) is 16.5. The maximum atomic E-state index is 12.8. The van der Waals surface area contributed by atoms with E-state index in [0.29, 0.717) is 22.8 Å². The second-order valence-corrected chi connectivity index (χ2v) is 4.71. The van der Waals surface area contributed by atoms with Crippen LogP contribution in [0.4, 0.5) is 4.39 Å². The van der Waals surface area contributed by atoms with Gasteiger partial charge in [0, 0.05) is 17.2 Å². The zero-order valence-corrected chi connectivity index (χ0v) is 13.1. The van der Waals surface area contributed by atoms with Crippen LogP contribution in [0.15, 0.2) is 47.6 Å². The Morgan fingerprint density at radius 2 is 1.78 bits per heavy atom. The fraction of sp³-hybridized carbons (Fsp3) is 0.176. The summed E-state index contributed by atoms with van der Waals surface area (Å²) in [4.78, 5) is 12.0. The third kappa shape index (κ3) is 4.06. The molecule has 2 rings (SSSR count). The molecule has 0 spiro atoms. The Bertz CT molecular complexity index is 727. The zero-order chi connectivity index (χ0) is 16.8. The van der Waals surface area contributed by atoms with Crippen LogP contribution in [0.2, 0.25) is 0 Å². The topological polar surface area (TPSA) is 59.9 Å². The molecule has 0 saturated carbocycles. The van der Waals surface area contributed by atoms with Gasteiger partial charge in [-0.25, -0.2) is 9.82 Å². The van der Waals surface area contributed by atoms with E-state index in [2.05, 4.69) is 10.5 Å². The van der Waals surface area contributed by atoms with Gasteiger partial charge < -0.3 is 9.47 Å². The molecule has 120 valence electrons. The highest BCUT2D eigenvalue weighted by Crippen LogP contribution is 2.25. The Kier molecular flexibility index (Phi) is 5.30. The SMILES string of the molecule is COc1ccc(/C(C)=N/NC(=O)c2ccc(F)cc2)c(OC)c1. The molecule has 0 aliphatic heterocycles. The number of hydrogen-bond acceptors (Lipinski definition) is 4. The Morgan fingerprint density at radius 1 is 1.09 bits per heavy atom. The van der Waals surface area contributed by atoms with Gasteiger partial charge in [-0.3, -0.25) is 4.79 Å². The molecule has 0 bridgehead atoms. The Morgan fingerprint density at radius 3 is 2.39 bits per heavy atom. The summed E-state index contributed by atoms with van der Waals surface area (Å²) in [6, 6.07) is 10.5. The Labute approximate surface area is 133 Å². The number of nitrogens with zero attached hydrogens (tertiary/aromatic N) is 1. The van der Waals surface area contributed by atoms with Crippen LogP contribution in [-0.4, -0.2) is 25.8 Å². The maximum absolute atomic E-state index is 12.8. The lowest BCUT2D eigenvalue weighted by atomic mass is 10.1. The van der Waals surface area contributed by atoms with E-state index in [1.807, 2.05) is 0 Å². The third-order valence-corrected chi connectivity index (χ3v) is 3.23. The second-order valence-electron chi connectivity index (χ2n) is 4.71. The first-order chi connectivity index (χ1) is 11.0. The van der Waals surface area contributed by atoms with Crippen molar-refractivity contribution in [3.63, 3.8) is 0 Å². The molecule has 0 radical (unpaired) electrons. The molecule has 1 N–H and O–H groups in total. The minimum absolute atomic E-state index is 0.324. The monoisotopic (exact) mass is 316 g/mol. The molecule has 0 fully saturated rings. The highest BCUT2D eigenvalue weighted by molar-refractivity contribution is 6.02. The standard InChI is InChI=1S/C17H17FN2O3/c1-11(15-9-8-14(22-2)10-16(15)23-3)19-20-17(21)12-4-6-13(18)7-5-12/h4-10H,1-3H3,(H,20,21)/b19-11+. The van der Waals surface area contributed by atoms with Gasteiger partial charge in [0.2, 0.25) is 0 Å². The van der Waals surface area contributed by atoms with Gasteiger partial charge in [0.25, 0.3) is 5.91 Å². The second kappa shape index (κ2) is 7.40. The largest absolute Gasteiger partial charge is 0.497 e. The fourth-order valence-electron chi connectivity index (χ4n) is 1.96. The molecule has 2 aromatic rings. The van der Waals surface area contributed by atoms with Crippen LogP contribution < -0.4 is 14.9 Å². The number of halogens is 1. The van der Waals surface area contributed by atoms with Gasteiger partial charge in [-0.15, -0.1) is 0 Å². The minimum atomic E-state index is -0.420. The number of benzene rings is 2. The molecule has 5 nitrogen and oxygen atoms in total. The highest BCUT2D eigenvalue weighted by atomic mass is 19.1. The molecular formula is C17H17FN2O3.